The third kappa shape index (κ3) is 2.87. The van der Waals surface area contributed by atoms with Crippen LogP contribution in [0.4, 0.5) is 17.6 Å². The van der Waals surface area contributed by atoms with E-state index in [1.54, 1.807) is 26.0 Å². The molecule has 0 radical (unpaired) electrons. The van der Waals surface area contributed by atoms with E-state index in [1.807, 2.05) is 0 Å². The van der Waals surface area contributed by atoms with E-state index in [4.69, 9.17) is 0 Å². The Labute approximate surface area is 145 Å². The highest BCUT2D eigenvalue weighted by Gasteiger charge is 2.25. The lowest BCUT2D eigenvalue weighted by atomic mass is 9.96. The second-order valence-corrected chi connectivity index (χ2v) is 5.32. The minimum Gasteiger partial charge on any atom is -0.201 e. The summed E-state index contributed by atoms with van der Waals surface area (Å²) < 4.78 is 54.8. The van der Waals surface area contributed by atoms with E-state index in [-0.39, 0.29) is 16.3 Å². The molecule has 8 heteroatoms. The van der Waals surface area contributed by atoms with Crippen molar-refractivity contribution in [1.29, 1.82) is 15.8 Å². The Kier molecular flexibility index (Phi) is 5.05. The summed E-state index contributed by atoms with van der Waals surface area (Å²) in [7, 11) is 0. The summed E-state index contributed by atoms with van der Waals surface area (Å²) in [6, 6.07) is 7.54. The van der Waals surface area contributed by atoms with E-state index in [1.165, 1.54) is 18.2 Å². The van der Waals surface area contributed by atoms with E-state index in [0.717, 1.165) is 0 Å². The standard InChI is InChI=1S/C18H8F4N4/c1-8(2)9-3-4-10(12(6-24)11(9)5-23)13(7-25)14-15(19)17(21)26-18(22)16(14)20/h3-4H,1-2H3/b13-10+. The Morgan fingerprint density at radius 2 is 1.31 bits per heavy atom. The quantitative estimate of drug-likeness (QED) is 0.580. The molecule has 0 fully saturated rings. The number of nitrogens with zero attached hydrogens (tertiary/aromatic N) is 4. The maximum absolute atomic E-state index is 14.0. The molecule has 4 nitrogen and oxygen atoms in total. The molecule has 1 aromatic carbocycles. The third-order valence-electron chi connectivity index (χ3n) is 3.60. The molecule has 0 N–H and O–H groups in total. The number of pyridine rings is 1. The average Bonchev–Trinajstić information content (AvgIpc) is 2.62. The van der Waals surface area contributed by atoms with Crippen molar-refractivity contribution in [1.82, 2.24) is 4.98 Å². The highest BCUT2D eigenvalue weighted by molar-refractivity contribution is 5.78. The van der Waals surface area contributed by atoms with Gasteiger partial charge in [0.25, 0.3) is 11.9 Å². The minimum atomic E-state index is -1.93. The molecule has 26 heavy (non-hydrogen) atoms. The SMILES string of the molecule is CC(C)=c1cc/c(=C(/C#N)c2c(F)c(F)nc(F)c2F)c(C#N)c1C#N. The highest BCUT2D eigenvalue weighted by atomic mass is 19.2. The van der Waals surface area contributed by atoms with E-state index in [2.05, 4.69) is 4.98 Å². The van der Waals surface area contributed by atoms with E-state index < -0.39 is 34.7 Å². The summed E-state index contributed by atoms with van der Waals surface area (Å²) in [6.07, 6.45) is 0. The molecule has 2 rings (SSSR count). The molecule has 0 atom stereocenters. The number of halogens is 4. The first-order chi connectivity index (χ1) is 12.3. The van der Waals surface area contributed by atoms with Crippen molar-refractivity contribution in [3.8, 4) is 18.2 Å². The molecular weight excluding hydrogens is 348 g/mol. The molecule has 0 saturated carbocycles. The largest absolute Gasteiger partial charge is 0.252 e. The van der Waals surface area contributed by atoms with Crippen molar-refractivity contribution in [2.24, 2.45) is 0 Å². The first-order valence-electron chi connectivity index (χ1n) is 7.03. The minimum absolute atomic E-state index is 0.117. The van der Waals surface area contributed by atoms with Gasteiger partial charge in [-0.2, -0.15) is 29.6 Å². The van der Waals surface area contributed by atoms with Crippen LogP contribution in [0.1, 0.15) is 30.5 Å². The zero-order valence-electron chi connectivity index (χ0n) is 13.5. The molecule has 2 aromatic rings. The van der Waals surface area contributed by atoms with Crippen LogP contribution in [0.2, 0.25) is 0 Å². The van der Waals surface area contributed by atoms with Crippen LogP contribution < -0.4 is 10.4 Å². The zero-order valence-corrected chi connectivity index (χ0v) is 13.5. The molecule has 0 saturated heterocycles. The van der Waals surface area contributed by atoms with Gasteiger partial charge in [0, 0.05) is 5.22 Å². The second kappa shape index (κ2) is 7.04. The van der Waals surface area contributed by atoms with Gasteiger partial charge in [0.15, 0.2) is 11.6 Å². The third-order valence-corrected chi connectivity index (χ3v) is 3.60. The van der Waals surface area contributed by atoms with Crippen LogP contribution in [0.5, 0.6) is 0 Å². The van der Waals surface area contributed by atoms with E-state index in [9.17, 15) is 33.3 Å². The topological polar surface area (TPSA) is 84.3 Å². The lowest BCUT2D eigenvalue weighted by molar-refractivity contribution is 0.404. The van der Waals surface area contributed by atoms with Crippen LogP contribution in [-0.4, -0.2) is 4.98 Å². The second-order valence-electron chi connectivity index (χ2n) is 5.32. The van der Waals surface area contributed by atoms with Crippen LogP contribution in [0.15, 0.2) is 12.1 Å². The van der Waals surface area contributed by atoms with Gasteiger partial charge in [-0.1, -0.05) is 17.7 Å². The number of benzene rings is 1. The number of aromatic nitrogens is 1. The summed E-state index contributed by atoms with van der Waals surface area (Å²) in [5.41, 5.74) is -1.88. The van der Waals surface area contributed by atoms with Crippen molar-refractivity contribution in [2.45, 2.75) is 13.8 Å². The number of hydrogen-bond acceptors (Lipinski definition) is 4. The molecule has 1 heterocycles. The summed E-state index contributed by atoms with van der Waals surface area (Å²) in [5, 5.41) is 28.2. The maximum Gasteiger partial charge on any atom is 0.252 e. The molecule has 0 bridgehead atoms. The molecule has 0 spiro atoms. The van der Waals surface area contributed by atoms with Crippen LogP contribution in [0, 0.1) is 57.5 Å². The fraction of sp³-hybridized carbons (Fsp3) is 0.111. The van der Waals surface area contributed by atoms with Crippen molar-refractivity contribution in [2.75, 3.05) is 0 Å². The van der Waals surface area contributed by atoms with Gasteiger partial charge in [-0.05, 0) is 19.1 Å². The Hall–Kier alpha value is -3.70. The van der Waals surface area contributed by atoms with Gasteiger partial charge >= 0.3 is 0 Å². The van der Waals surface area contributed by atoms with Crippen LogP contribution >= 0.6 is 0 Å². The summed E-state index contributed by atoms with van der Waals surface area (Å²) in [4.78, 5) is 2.43. The fourth-order valence-corrected chi connectivity index (χ4v) is 2.42. The van der Waals surface area contributed by atoms with Crippen molar-refractivity contribution >= 4 is 11.1 Å². The molecule has 0 unspecified atom stereocenters. The first kappa shape index (κ1) is 18.6. The maximum atomic E-state index is 14.0. The smallest absolute Gasteiger partial charge is 0.201 e. The normalized spacial score (nSPS) is 11.2. The molecule has 0 aliphatic carbocycles. The van der Waals surface area contributed by atoms with E-state index >= 15 is 0 Å². The van der Waals surface area contributed by atoms with Crippen molar-refractivity contribution < 1.29 is 17.6 Å². The van der Waals surface area contributed by atoms with E-state index in [0.29, 0.717) is 10.8 Å². The van der Waals surface area contributed by atoms with Gasteiger partial charge < -0.3 is 0 Å². The molecule has 0 amide bonds. The Bertz CT molecular complexity index is 1150. The zero-order chi connectivity index (χ0) is 19.6. The summed E-state index contributed by atoms with van der Waals surface area (Å²) in [5.74, 6) is -7.60. The molecule has 128 valence electrons. The van der Waals surface area contributed by atoms with Crippen molar-refractivity contribution in [3.05, 3.63) is 62.8 Å². The average molecular weight is 356 g/mol. The molecule has 1 aromatic heterocycles. The Morgan fingerprint density at radius 3 is 1.73 bits per heavy atom. The Morgan fingerprint density at radius 1 is 0.846 bits per heavy atom. The van der Waals surface area contributed by atoms with Crippen LogP contribution in [0.25, 0.3) is 11.1 Å². The molecule has 0 aliphatic heterocycles. The van der Waals surface area contributed by atoms with Gasteiger partial charge in [-0.25, -0.2) is 8.78 Å². The number of rotatable bonds is 1. The predicted molar refractivity (Wildman–Crippen MR) is 82.1 cm³/mol. The highest BCUT2D eigenvalue weighted by Crippen LogP contribution is 2.23. The fourth-order valence-electron chi connectivity index (χ4n) is 2.42. The van der Waals surface area contributed by atoms with Gasteiger partial charge in [0.05, 0.1) is 22.3 Å². The predicted octanol–water partition coefficient (Wildman–Crippen LogP) is 2.29. The lowest BCUT2D eigenvalue weighted by Gasteiger charge is -2.07. The Balaban J connectivity index is 3.19. The summed E-state index contributed by atoms with van der Waals surface area (Å²) >= 11 is 0. The first-order valence-corrected chi connectivity index (χ1v) is 7.03. The number of nitriles is 3. The van der Waals surface area contributed by atoms with Gasteiger partial charge in [-0.3, -0.25) is 0 Å². The number of hydrogen-bond donors (Lipinski definition) is 0. The molecule has 0 aliphatic rings. The van der Waals surface area contributed by atoms with Crippen LogP contribution in [0.3, 0.4) is 0 Å². The summed E-state index contributed by atoms with van der Waals surface area (Å²) in [6.45, 7) is 3.36. The van der Waals surface area contributed by atoms with Gasteiger partial charge in [0.2, 0.25) is 0 Å². The van der Waals surface area contributed by atoms with Gasteiger partial charge in [-0.15, -0.1) is 0 Å². The van der Waals surface area contributed by atoms with Gasteiger partial charge in [0.1, 0.15) is 18.2 Å². The lowest BCUT2D eigenvalue weighted by Crippen LogP contribution is -2.22. The monoisotopic (exact) mass is 356 g/mol. The van der Waals surface area contributed by atoms with Crippen molar-refractivity contribution in [3.63, 3.8) is 0 Å². The van der Waals surface area contributed by atoms with Crippen LogP contribution in [-0.2, 0) is 0 Å². The molecular formula is C18H8F4N4.